The molecule has 17 heavy (non-hydrogen) atoms. The monoisotopic (exact) mass is 250 g/mol. The number of carboxylic acid groups (broad SMARTS) is 1. The molecule has 1 rings (SSSR count). The molecule has 0 saturated carbocycles. The maximum Gasteiger partial charge on any atom is 0.573 e. The standard InChI is InChI=1S/C10H9F3O4/c1-16-7-3-2-4-8(17-10(11,12)13)6(7)5-9(14)15/h2-4H,5H2,1H3,(H,14,15). The molecular formula is C10H9F3O4. The van der Waals surface area contributed by atoms with Crippen molar-refractivity contribution in [1.29, 1.82) is 0 Å². The molecule has 0 aliphatic heterocycles. The summed E-state index contributed by atoms with van der Waals surface area (Å²) < 4.78 is 44.8. The Morgan fingerprint density at radius 1 is 1.35 bits per heavy atom. The second-order valence-electron chi connectivity index (χ2n) is 3.06. The largest absolute Gasteiger partial charge is 0.573 e. The average Bonchev–Trinajstić information content (AvgIpc) is 2.17. The minimum absolute atomic E-state index is 0.0363. The van der Waals surface area contributed by atoms with Crippen LogP contribution in [0.15, 0.2) is 18.2 Å². The summed E-state index contributed by atoms with van der Waals surface area (Å²) in [5.74, 6) is -1.81. The summed E-state index contributed by atoms with van der Waals surface area (Å²) in [6, 6.07) is 3.68. The Labute approximate surface area is 94.6 Å². The summed E-state index contributed by atoms with van der Waals surface area (Å²) in [7, 11) is 1.23. The van der Waals surface area contributed by atoms with E-state index in [-0.39, 0.29) is 11.3 Å². The molecule has 0 aliphatic carbocycles. The fourth-order valence-corrected chi connectivity index (χ4v) is 1.28. The lowest BCUT2D eigenvalue weighted by atomic mass is 10.1. The number of ether oxygens (including phenoxy) is 2. The molecule has 94 valence electrons. The van der Waals surface area contributed by atoms with Crippen LogP contribution < -0.4 is 9.47 Å². The van der Waals surface area contributed by atoms with Gasteiger partial charge in [0.15, 0.2) is 0 Å². The third-order valence-electron chi connectivity index (χ3n) is 1.86. The fourth-order valence-electron chi connectivity index (χ4n) is 1.28. The SMILES string of the molecule is COc1cccc(OC(F)(F)F)c1CC(=O)O. The predicted molar refractivity (Wildman–Crippen MR) is 51.0 cm³/mol. The summed E-state index contributed by atoms with van der Waals surface area (Å²) in [4.78, 5) is 10.6. The lowest BCUT2D eigenvalue weighted by molar-refractivity contribution is -0.275. The zero-order valence-corrected chi connectivity index (χ0v) is 8.75. The van der Waals surface area contributed by atoms with E-state index in [1.807, 2.05) is 0 Å². The molecule has 0 amide bonds. The molecule has 0 heterocycles. The van der Waals surface area contributed by atoms with Gasteiger partial charge in [0.05, 0.1) is 13.5 Å². The van der Waals surface area contributed by atoms with Crippen LogP contribution in [0.4, 0.5) is 13.2 Å². The Morgan fingerprint density at radius 3 is 2.41 bits per heavy atom. The van der Waals surface area contributed by atoms with Crippen molar-refractivity contribution in [2.45, 2.75) is 12.8 Å². The summed E-state index contributed by atoms with van der Waals surface area (Å²) in [5, 5.41) is 8.62. The van der Waals surface area contributed by atoms with Crippen LogP contribution in [-0.4, -0.2) is 24.5 Å². The first-order valence-corrected chi connectivity index (χ1v) is 4.47. The third-order valence-corrected chi connectivity index (χ3v) is 1.86. The minimum atomic E-state index is -4.88. The molecule has 1 aromatic rings. The first-order chi connectivity index (χ1) is 7.83. The Hall–Kier alpha value is -1.92. The van der Waals surface area contributed by atoms with Crippen LogP contribution in [-0.2, 0) is 11.2 Å². The molecule has 7 heteroatoms. The molecule has 1 N–H and O–H groups in total. The van der Waals surface area contributed by atoms with Crippen molar-refractivity contribution in [2.24, 2.45) is 0 Å². The minimum Gasteiger partial charge on any atom is -0.496 e. The van der Waals surface area contributed by atoms with Crippen LogP contribution in [0.5, 0.6) is 11.5 Å². The molecule has 0 saturated heterocycles. The smallest absolute Gasteiger partial charge is 0.496 e. The van der Waals surface area contributed by atoms with Crippen LogP contribution in [0.2, 0.25) is 0 Å². The van der Waals surface area contributed by atoms with Gasteiger partial charge in [-0.05, 0) is 12.1 Å². The summed E-state index contributed by atoms with van der Waals surface area (Å²) in [5.41, 5.74) is -0.153. The lowest BCUT2D eigenvalue weighted by Crippen LogP contribution is -2.19. The van der Waals surface area contributed by atoms with Crippen molar-refractivity contribution < 1.29 is 32.5 Å². The Balaban J connectivity index is 3.14. The van der Waals surface area contributed by atoms with Gasteiger partial charge in [-0.15, -0.1) is 13.2 Å². The van der Waals surface area contributed by atoms with E-state index in [4.69, 9.17) is 9.84 Å². The number of benzene rings is 1. The second kappa shape index (κ2) is 4.94. The third kappa shape index (κ3) is 3.86. The van der Waals surface area contributed by atoms with Gasteiger partial charge in [-0.2, -0.15) is 0 Å². The number of aliphatic carboxylic acids is 1. The maximum atomic E-state index is 12.1. The zero-order chi connectivity index (χ0) is 13.1. The normalized spacial score (nSPS) is 11.1. The van der Waals surface area contributed by atoms with Crippen molar-refractivity contribution in [1.82, 2.24) is 0 Å². The van der Waals surface area contributed by atoms with Crippen molar-refractivity contribution in [3.05, 3.63) is 23.8 Å². The van der Waals surface area contributed by atoms with Gasteiger partial charge in [-0.1, -0.05) is 6.07 Å². The number of methoxy groups -OCH3 is 1. The van der Waals surface area contributed by atoms with Gasteiger partial charge < -0.3 is 14.6 Å². The zero-order valence-electron chi connectivity index (χ0n) is 8.75. The Kier molecular flexibility index (Phi) is 3.82. The van der Waals surface area contributed by atoms with Gasteiger partial charge in [0, 0.05) is 5.56 Å². The number of hydrogen-bond acceptors (Lipinski definition) is 3. The van der Waals surface area contributed by atoms with Crippen molar-refractivity contribution in [3.8, 4) is 11.5 Å². The molecule has 0 fully saturated rings. The van der Waals surface area contributed by atoms with Crippen molar-refractivity contribution in [3.63, 3.8) is 0 Å². The van der Waals surface area contributed by atoms with Gasteiger partial charge >= 0.3 is 12.3 Å². The quantitative estimate of drug-likeness (QED) is 0.890. The molecule has 0 unspecified atom stereocenters. The van der Waals surface area contributed by atoms with Gasteiger partial charge in [0.1, 0.15) is 11.5 Å². The molecule has 0 bridgehead atoms. The van der Waals surface area contributed by atoms with E-state index in [0.717, 1.165) is 6.07 Å². The number of rotatable bonds is 4. The fraction of sp³-hybridized carbons (Fsp3) is 0.300. The van der Waals surface area contributed by atoms with Crippen LogP contribution in [0.3, 0.4) is 0 Å². The van der Waals surface area contributed by atoms with E-state index in [2.05, 4.69) is 4.74 Å². The van der Waals surface area contributed by atoms with Gasteiger partial charge in [-0.25, -0.2) is 0 Å². The topological polar surface area (TPSA) is 55.8 Å². The Morgan fingerprint density at radius 2 is 1.94 bits per heavy atom. The van der Waals surface area contributed by atoms with Gasteiger partial charge in [0.25, 0.3) is 0 Å². The molecule has 0 aliphatic rings. The highest BCUT2D eigenvalue weighted by atomic mass is 19.4. The predicted octanol–water partition coefficient (Wildman–Crippen LogP) is 2.22. The molecule has 1 aromatic carbocycles. The Bertz CT molecular complexity index is 415. The second-order valence-corrected chi connectivity index (χ2v) is 3.06. The van der Waals surface area contributed by atoms with E-state index < -0.39 is 24.5 Å². The molecule has 0 spiro atoms. The van der Waals surface area contributed by atoms with Crippen molar-refractivity contribution >= 4 is 5.97 Å². The van der Waals surface area contributed by atoms with Crippen LogP contribution in [0.25, 0.3) is 0 Å². The number of alkyl halides is 3. The first-order valence-electron chi connectivity index (χ1n) is 4.47. The molecule has 0 aromatic heterocycles. The number of halogens is 3. The molecule has 0 atom stereocenters. The number of carbonyl (C=O) groups is 1. The van der Waals surface area contributed by atoms with E-state index in [9.17, 15) is 18.0 Å². The van der Waals surface area contributed by atoms with Gasteiger partial charge in [0.2, 0.25) is 0 Å². The molecule has 4 nitrogen and oxygen atoms in total. The van der Waals surface area contributed by atoms with Crippen LogP contribution >= 0.6 is 0 Å². The summed E-state index contributed by atoms with van der Waals surface area (Å²) >= 11 is 0. The van der Waals surface area contributed by atoms with E-state index in [1.165, 1.54) is 19.2 Å². The molecule has 0 radical (unpaired) electrons. The van der Waals surface area contributed by atoms with Crippen LogP contribution in [0.1, 0.15) is 5.56 Å². The number of hydrogen-bond donors (Lipinski definition) is 1. The number of carboxylic acids is 1. The first kappa shape index (κ1) is 13.1. The van der Waals surface area contributed by atoms with E-state index in [1.54, 1.807) is 0 Å². The lowest BCUT2D eigenvalue weighted by Gasteiger charge is -2.14. The summed E-state index contributed by atoms with van der Waals surface area (Å²) in [6.45, 7) is 0. The van der Waals surface area contributed by atoms with Crippen molar-refractivity contribution in [2.75, 3.05) is 7.11 Å². The molecular weight excluding hydrogens is 241 g/mol. The highest BCUT2D eigenvalue weighted by Crippen LogP contribution is 2.32. The highest BCUT2D eigenvalue weighted by Gasteiger charge is 2.32. The maximum absolute atomic E-state index is 12.1. The average molecular weight is 250 g/mol. The van der Waals surface area contributed by atoms with E-state index >= 15 is 0 Å². The summed E-state index contributed by atoms with van der Waals surface area (Å²) in [6.07, 6.45) is -5.49. The van der Waals surface area contributed by atoms with E-state index in [0.29, 0.717) is 0 Å². The van der Waals surface area contributed by atoms with Crippen LogP contribution in [0, 0.1) is 0 Å². The van der Waals surface area contributed by atoms with Gasteiger partial charge in [-0.3, -0.25) is 4.79 Å². The highest BCUT2D eigenvalue weighted by molar-refractivity contribution is 5.72.